The van der Waals surface area contributed by atoms with E-state index in [1.165, 1.54) is 12.1 Å². The van der Waals surface area contributed by atoms with Crippen molar-refractivity contribution in [3.05, 3.63) is 39.9 Å². The van der Waals surface area contributed by atoms with Gasteiger partial charge in [0.15, 0.2) is 11.5 Å². The highest BCUT2D eigenvalue weighted by Gasteiger charge is 2.16. The Kier molecular flexibility index (Phi) is 2.64. The molecule has 4 nitrogen and oxygen atoms in total. The minimum atomic E-state index is -0.211. The molecule has 0 bridgehead atoms. The fourth-order valence-corrected chi connectivity index (χ4v) is 2.49. The van der Waals surface area contributed by atoms with Crippen LogP contribution in [-0.2, 0) is 0 Å². The number of hydrogen-bond acceptors (Lipinski definition) is 4. The van der Waals surface area contributed by atoms with E-state index in [1.54, 1.807) is 18.2 Å². The van der Waals surface area contributed by atoms with Crippen molar-refractivity contribution in [2.45, 2.75) is 0 Å². The van der Waals surface area contributed by atoms with E-state index in [9.17, 15) is 15.3 Å². The lowest BCUT2D eigenvalue weighted by atomic mass is 10.1. The van der Waals surface area contributed by atoms with Gasteiger partial charge in [-0.3, -0.25) is 0 Å². The molecule has 1 aliphatic heterocycles. The van der Waals surface area contributed by atoms with Gasteiger partial charge in [0.25, 0.3) is 0 Å². The molecule has 0 amide bonds. The molecular weight excluding hydrogens is 310 g/mol. The highest BCUT2D eigenvalue weighted by Crippen LogP contribution is 2.42. The second kappa shape index (κ2) is 4.20. The third-order valence-corrected chi connectivity index (χ3v) is 3.70. The zero-order valence-corrected chi connectivity index (χ0v) is 11.3. The molecule has 0 spiro atoms. The largest absolute Gasteiger partial charge is 0.506 e. The van der Waals surface area contributed by atoms with E-state index in [4.69, 9.17) is 0 Å². The lowest BCUT2D eigenvalue weighted by Gasteiger charge is -2.13. The zero-order valence-electron chi connectivity index (χ0n) is 9.68. The van der Waals surface area contributed by atoms with Gasteiger partial charge in [0.05, 0.1) is 5.69 Å². The van der Waals surface area contributed by atoms with Crippen LogP contribution >= 0.6 is 15.9 Å². The van der Waals surface area contributed by atoms with E-state index in [0.717, 1.165) is 15.6 Å². The summed E-state index contributed by atoms with van der Waals surface area (Å²) in [6, 6.07) is 6.22. The standard InChI is InChI=1S/C14H10BrNO3/c15-9-3-4-11(17)14-8(9)2-1-7-5-12(18)13(19)6-10(7)16-14/h1-6,16-19H. The molecule has 2 aromatic carbocycles. The van der Waals surface area contributed by atoms with Gasteiger partial charge < -0.3 is 20.6 Å². The number of nitrogens with one attached hydrogen (secondary N) is 1. The summed E-state index contributed by atoms with van der Waals surface area (Å²) in [5, 5.41) is 32.1. The average molecular weight is 320 g/mol. The summed E-state index contributed by atoms with van der Waals surface area (Å²) in [7, 11) is 0. The normalized spacial score (nSPS) is 12.3. The van der Waals surface area contributed by atoms with Crippen molar-refractivity contribution in [2.24, 2.45) is 0 Å². The summed E-state index contributed by atoms with van der Waals surface area (Å²) < 4.78 is 0.838. The molecule has 2 aromatic rings. The maximum Gasteiger partial charge on any atom is 0.159 e. The minimum Gasteiger partial charge on any atom is -0.506 e. The van der Waals surface area contributed by atoms with Crippen molar-refractivity contribution < 1.29 is 15.3 Å². The minimum absolute atomic E-state index is 0.114. The molecule has 0 unspecified atom stereocenters. The van der Waals surface area contributed by atoms with Gasteiger partial charge in [-0.05, 0) is 18.2 Å². The lowest BCUT2D eigenvalue weighted by Crippen LogP contribution is -1.94. The molecular formula is C14H10BrNO3. The Morgan fingerprint density at radius 1 is 0.895 bits per heavy atom. The number of benzene rings is 2. The van der Waals surface area contributed by atoms with Crippen molar-refractivity contribution in [3.8, 4) is 17.2 Å². The number of fused-ring (bicyclic) bond motifs is 2. The highest BCUT2D eigenvalue weighted by molar-refractivity contribution is 9.10. The predicted octanol–water partition coefficient (Wildman–Crippen LogP) is 3.79. The van der Waals surface area contributed by atoms with Gasteiger partial charge in [-0.25, -0.2) is 0 Å². The first-order valence-corrected chi connectivity index (χ1v) is 6.38. The Bertz CT molecular complexity index is 710. The van der Waals surface area contributed by atoms with E-state index in [2.05, 4.69) is 21.2 Å². The summed E-state index contributed by atoms with van der Waals surface area (Å²) in [5.41, 5.74) is 2.68. The molecule has 0 fully saturated rings. The summed E-state index contributed by atoms with van der Waals surface area (Å²) >= 11 is 3.42. The van der Waals surface area contributed by atoms with Crippen LogP contribution in [0.15, 0.2) is 28.7 Å². The molecule has 0 saturated heterocycles. The van der Waals surface area contributed by atoms with Gasteiger partial charge in [0, 0.05) is 27.4 Å². The van der Waals surface area contributed by atoms with Crippen molar-refractivity contribution in [2.75, 3.05) is 5.32 Å². The number of halogens is 1. The molecule has 0 radical (unpaired) electrons. The smallest absolute Gasteiger partial charge is 0.159 e. The fraction of sp³-hybridized carbons (Fsp3) is 0. The van der Waals surface area contributed by atoms with E-state index in [-0.39, 0.29) is 17.2 Å². The Morgan fingerprint density at radius 2 is 1.63 bits per heavy atom. The van der Waals surface area contributed by atoms with Crippen LogP contribution in [0.4, 0.5) is 11.4 Å². The molecule has 1 heterocycles. The number of anilines is 2. The molecule has 96 valence electrons. The topological polar surface area (TPSA) is 72.7 Å². The second-order valence-corrected chi connectivity index (χ2v) is 5.10. The van der Waals surface area contributed by atoms with Crippen LogP contribution in [-0.4, -0.2) is 15.3 Å². The van der Waals surface area contributed by atoms with Crippen LogP contribution in [0.3, 0.4) is 0 Å². The molecule has 0 aliphatic carbocycles. The first-order chi connectivity index (χ1) is 9.06. The molecule has 0 aromatic heterocycles. The van der Waals surface area contributed by atoms with Gasteiger partial charge in [-0.2, -0.15) is 0 Å². The SMILES string of the molecule is Oc1cc2c(cc1O)Nc1c(O)ccc(Br)c1C=C2. The summed E-state index contributed by atoms with van der Waals surface area (Å²) in [5.74, 6) is -0.278. The molecule has 0 atom stereocenters. The summed E-state index contributed by atoms with van der Waals surface area (Å²) in [6.45, 7) is 0. The van der Waals surface area contributed by atoms with Crippen molar-refractivity contribution in [1.82, 2.24) is 0 Å². The first-order valence-electron chi connectivity index (χ1n) is 5.59. The Balaban J connectivity index is 2.24. The molecule has 4 N–H and O–H groups in total. The van der Waals surface area contributed by atoms with Gasteiger partial charge in [-0.15, -0.1) is 0 Å². The van der Waals surface area contributed by atoms with Crippen LogP contribution in [0.1, 0.15) is 11.1 Å². The quantitative estimate of drug-likeness (QED) is 0.376. The van der Waals surface area contributed by atoms with Crippen LogP contribution in [0.2, 0.25) is 0 Å². The fourth-order valence-electron chi connectivity index (χ4n) is 2.02. The summed E-state index contributed by atoms with van der Waals surface area (Å²) in [4.78, 5) is 0. The van der Waals surface area contributed by atoms with Crippen LogP contribution in [0.5, 0.6) is 17.2 Å². The monoisotopic (exact) mass is 319 g/mol. The third-order valence-electron chi connectivity index (χ3n) is 3.01. The van der Waals surface area contributed by atoms with Gasteiger partial charge in [-0.1, -0.05) is 28.1 Å². The predicted molar refractivity (Wildman–Crippen MR) is 77.8 cm³/mol. The van der Waals surface area contributed by atoms with Crippen molar-refractivity contribution in [1.29, 1.82) is 0 Å². The molecule has 1 aliphatic rings. The van der Waals surface area contributed by atoms with Gasteiger partial charge in [0.2, 0.25) is 0 Å². The first kappa shape index (κ1) is 11.9. The van der Waals surface area contributed by atoms with Crippen molar-refractivity contribution >= 4 is 39.5 Å². The Hall–Kier alpha value is -2.14. The number of phenols is 3. The van der Waals surface area contributed by atoms with Crippen LogP contribution in [0.25, 0.3) is 12.2 Å². The number of phenolic OH excluding ortho intramolecular Hbond substituents is 3. The van der Waals surface area contributed by atoms with Gasteiger partial charge in [0.1, 0.15) is 5.75 Å². The lowest BCUT2D eigenvalue weighted by molar-refractivity contribution is 0.404. The maximum atomic E-state index is 9.93. The van der Waals surface area contributed by atoms with E-state index >= 15 is 0 Å². The molecule has 3 rings (SSSR count). The Labute approximate surface area is 117 Å². The summed E-state index contributed by atoms with van der Waals surface area (Å²) in [6.07, 6.45) is 3.63. The van der Waals surface area contributed by atoms with Crippen molar-refractivity contribution in [3.63, 3.8) is 0 Å². The maximum absolute atomic E-state index is 9.93. The third kappa shape index (κ3) is 1.92. The van der Waals surface area contributed by atoms with E-state index < -0.39 is 0 Å². The average Bonchev–Trinajstić information content (AvgIpc) is 2.55. The van der Waals surface area contributed by atoms with Crippen LogP contribution < -0.4 is 5.32 Å². The zero-order chi connectivity index (χ0) is 13.6. The van der Waals surface area contributed by atoms with E-state index in [0.29, 0.717) is 11.4 Å². The molecule has 0 saturated carbocycles. The highest BCUT2D eigenvalue weighted by atomic mass is 79.9. The molecule has 19 heavy (non-hydrogen) atoms. The number of aromatic hydroxyl groups is 3. The second-order valence-electron chi connectivity index (χ2n) is 4.24. The number of rotatable bonds is 0. The van der Waals surface area contributed by atoms with Gasteiger partial charge >= 0.3 is 0 Å². The van der Waals surface area contributed by atoms with E-state index in [1.807, 2.05) is 6.08 Å². The van der Waals surface area contributed by atoms with Crippen LogP contribution in [0, 0.1) is 0 Å². The molecule has 5 heteroatoms. The number of hydrogen-bond donors (Lipinski definition) is 4. The Morgan fingerprint density at radius 3 is 2.42 bits per heavy atom.